The molecule has 22 heavy (non-hydrogen) atoms. The van der Waals surface area contributed by atoms with Gasteiger partial charge in [0.15, 0.2) is 0 Å². The summed E-state index contributed by atoms with van der Waals surface area (Å²) in [6.07, 6.45) is 1.48. The molecule has 0 atom stereocenters. The average molecular weight is 304 g/mol. The Kier molecular flexibility index (Phi) is 3.75. The van der Waals surface area contributed by atoms with E-state index in [1.165, 1.54) is 18.2 Å². The van der Waals surface area contributed by atoms with Gasteiger partial charge in [0.05, 0.1) is 10.6 Å². The molecular weight excluding hydrogens is 290 g/mol. The Morgan fingerprint density at radius 1 is 1.18 bits per heavy atom. The van der Waals surface area contributed by atoms with Crippen molar-refractivity contribution in [1.29, 1.82) is 0 Å². The quantitative estimate of drug-likeness (QED) is 0.639. The number of anilines is 1. The van der Waals surface area contributed by atoms with Gasteiger partial charge in [0.1, 0.15) is 11.6 Å². The first kappa shape index (κ1) is 14.4. The van der Waals surface area contributed by atoms with Crippen LogP contribution in [0.2, 0.25) is 0 Å². The summed E-state index contributed by atoms with van der Waals surface area (Å²) in [5.74, 6) is -1.12. The number of nitrogens with zero attached hydrogens (tertiary/aromatic N) is 2. The molecule has 4 nitrogen and oxygen atoms in total. The predicted molar refractivity (Wildman–Crippen MR) is 78.8 cm³/mol. The first-order chi connectivity index (χ1) is 10.5. The van der Waals surface area contributed by atoms with Crippen molar-refractivity contribution in [2.75, 3.05) is 11.4 Å². The maximum Gasteiger partial charge on any atom is 0.269 e. The molecule has 0 spiro atoms. The van der Waals surface area contributed by atoms with Crippen molar-refractivity contribution in [3.63, 3.8) is 0 Å². The third-order valence-electron chi connectivity index (χ3n) is 3.82. The minimum Gasteiger partial charge on any atom is -0.365 e. The summed E-state index contributed by atoms with van der Waals surface area (Å²) >= 11 is 0. The largest absolute Gasteiger partial charge is 0.365 e. The van der Waals surface area contributed by atoms with Gasteiger partial charge in [-0.2, -0.15) is 0 Å². The van der Waals surface area contributed by atoms with Gasteiger partial charge < -0.3 is 4.90 Å². The molecule has 0 saturated heterocycles. The van der Waals surface area contributed by atoms with Crippen LogP contribution in [0.5, 0.6) is 0 Å². The van der Waals surface area contributed by atoms with Gasteiger partial charge in [-0.1, -0.05) is 12.1 Å². The van der Waals surface area contributed by atoms with E-state index >= 15 is 0 Å². The van der Waals surface area contributed by atoms with E-state index in [4.69, 9.17) is 0 Å². The zero-order valence-electron chi connectivity index (χ0n) is 11.8. The zero-order valence-corrected chi connectivity index (χ0v) is 11.8. The molecule has 114 valence electrons. The molecule has 0 aromatic heterocycles. The fraction of sp³-hybridized carbons (Fsp3) is 0.250. The zero-order chi connectivity index (χ0) is 15.7. The molecule has 0 N–H and O–H groups in total. The molecule has 0 bridgehead atoms. The van der Waals surface area contributed by atoms with E-state index in [2.05, 4.69) is 0 Å². The minimum atomic E-state index is -0.562. The molecule has 1 aliphatic rings. The maximum absolute atomic E-state index is 14.1. The number of benzene rings is 2. The van der Waals surface area contributed by atoms with Crippen LogP contribution < -0.4 is 4.90 Å². The van der Waals surface area contributed by atoms with Crippen LogP contribution in [0.1, 0.15) is 17.5 Å². The monoisotopic (exact) mass is 304 g/mol. The standard InChI is InChI=1S/C16H14F2N2O2/c17-13-8-12-2-1-7-19(16(12)15(18)9-13)10-11-3-5-14(6-4-11)20(21)22/h3-6,8-9H,1-2,7,10H2. The highest BCUT2D eigenvalue weighted by Crippen LogP contribution is 2.32. The maximum atomic E-state index is 14.1. The molecule has 0 fully saturated rings. The molecular formula is C16H14F2N2O2. The smallest absolute Gasteiger partial charge is 0.269 e. The first-order valence-corrected chi connectivity index (χ1v) is 7.01. The Morgan fingerprint density at radius 2 is 1.91 bits per heavy atom. The van der Waals surface area contributed by atoms with Gasteiger partial charge >= 0.3 is 0 Å². The van der Waals surface area contributed by atoms with Crippen molar-refractivity contribution in [2.45, 2.75) is 19.4 Å². The second kappa shape index (κ2) is 5.71. The van der Waals surface area contributed by atoms with Crippen LogP contribution in [0.3, 0.4) is 0 Å². The van der Waals surface area contributed by atoms with Gasteiger partial charge in [-0.3, -0.25) is 10.1 Å². The number of hydrogen-bond acceptors (Lipinski definition) is 3. The topological polar surface area (TPSA) is 46.4 Å². The van der Waals surface area contributed by atoms with Crippen LogP contribution in [-0.2, 0) is 13.0 Å². The summed E-state index contributed by atoms with van der Waals surface area (Å²) in [4.78, 5) is 12.1. The van der Waals surface area contributed by atoms with Crippen molar-refractivity contribution in [2.24, 2.45) is 0 Å². The number of rotatable bonds is 3. The molecule has 0 aliphatic carbocycles. The summed E-state index contributed by atoms with van der Waals surface area (Å²) in [7, 11) is 0. The molecule has 2 aromatic rings. The van der Waals surface area contributed by atoms with Crippen LogP contribution in [0.15, 0.2) is 36.4 Å². The lowest BCUT2D eigenvalue weighted by Gasteiger charge is -2.31. The average Bonchev–Trinajstić information content (AvgIpc) is 2.47. The summed E-state index contributed by atoms with van der Waals surface area (Å²) in [5, 5.41) is 10.7. The molecule has 0 amide bonds. The van der Waals surface area contributed by atoms with Crippen LogP contribution >= 0.6 is 0 Å². The number of nitro benzene ring substituents is 1. The van der Waals surface area contributed by atoms with Crippen molar-refractivity contribution in [1.82, 2.24) is 0 Å². The number of aryl methyl sites for hydroxylation is 1. The molecule has 0 radical (unpaired) electrons. The first-order valence-electron chi connectivity index (χ1n) is 7.01. The Bertz CT molecular complexity index is 717. The summed E-state index contributed by atoms with van der Waals surface area (Å²) < 4.78 is 27.4. The van der Waals surface area contributed by atoms with E-state index in [0.29, 0.717) is 30.8 Å². The Hall–Kier alpha value is -2.50. The van der Waals surface area contributed by atoms with Crippen molar-refractivity contribution >= 4 is 11.4 Å². The van der Waals surface area contributed by atoms with Gasteiger partial charge in [-0.25, -0.2) is 8.78 Å². The fourth-order valence-corrected chi connectivity index (χ4v) is 2.84. The van der Waals surface area contributed by atoms with E-state index in [1.807, 2.05) is 4.90 Å². The summed E-state index contributed by atoms with van der Waals surface area (Å²) in [5.41, 5.74) is 1.98. The fourth-order valence-electron chi connectivity index (χ4n) is 2.84. The van der Waals surface area contributed by atoms with Crippen LogP contribution in [-0.4, -0.2) is 11.5 Å². The minimum absolute atomic E-state index is 0.0241. The van der Waals surface area contributed by atoms with Crippen molar-refractivity contribution < 1.29 is 13.7 Å². The third kappa shape index (κ3) is 2.77. The van der Waals surface area contributed by atoms with E-state index in [-0.39, 0.29) is 5.69 Å². The Morgan fingerprint density at radius 3 is 2.59 bits per heavy atom. The predicted octanol–water partition coefficient (Wildman–Crippen LogP) is 3.83. The highest BCUT2D eigenvalue weighted by atomic mass is 19.1. The number of halogens is 2. The molecule has 3 rings (SSSR count). The van der Waals surface area contributed by atoms with E-state index < -0.39 is 16.6 Å². The lowest BCUT2D eigenvalue weighted by molar-refractivity contribution is -0.384. The lowest BCUT2D eigenvalue weighted by atomic mass is 10.0. The second-order valence-electron chi connectivity index (χ2n) is 5.34. The van der Waals surface area contributed by atoms with Gasteiger partial charge in [-0.15, -0.1) is 0 Å². The van der Waals surface area contributed by atoms with Gasteiger partial charge in [0.2, 0.25) is 0 Å². The van der Waals surface area contributed by atoms with Crippen molar-refractivity contribution in [3.8, 4) is 0 Å². The highest BCUT2D eigenvalue weighted by Gasteiger charge is 2.22. The SMILES string of the molecule is O=[N+]([O-])c1ccc(CN2CCCc3cc(F)cc(F)c32)cc1. The van der Waals surface area contributed by atoms with E-state index in [0.717, 1.165) is 18.1 Å². The molecule has 0 unspecified atom stereocenters. The summed E-state index contributed by atoms with van der Waals surface area (Å²) in [6.45, 7) is 1.11. The van der Waals surface area contributed by atoms with Gasteiger partial charge in [-0.05, 0) is 30.0 Å². The van der Waals surface area contributed by atoms with Crippen LogP contribution in [0.4, 0.5) is 20.2 Å². The molecule has 1 heterocycles. The third-order valence-corrected chi connectivity index (χ3v) is 3.82. The molecule has 2 aromatic carbocycles. The lowest BCUT2D eigenvalue weighted by Crippen LogP contribution is -2.30. The van der Waals surface area contributed by atoms with Gasteiger partial charge in [0, 0.05) is 31.3 Å². The Labute approximate surface area is 126 Å². The van der Waals surface area contributed by atoms with E-state index in [1.54, 1.807) is 12.1 Å². The van der Waals surface area contributed by atoms with Crippen LogP contribution in [0.25, 0.3) is 0 Å². The highest BCUT2D eigenvalue weighted by molar-refractivity contribution is 5.57. The Balaban J connectivity index is 1.87. The van der Waals surface area contributed by atoms with E-state index in [9.17, 15) is 18.9 Å². The van der Waals surface area contributed by atoms with Crippen molar-refractivity contribution in [3.05, 3.63) is 69.3 Å². The second-order valence-corrected chi connectivity index (χ2v) is 5.34. The number of fused-ring (bicyclic) bond motifs is 1. The van der Waals surface area contributed by atoms with Gasteiger partial charge in [0.25, 0.3) is 5.69 Å². The number of hydrogen-bond donors (Lipinski definition) is 0. The number of non-ortho nitro benzene ring substituents is 1. The normalized spacial score (nSPS) is 13.8. The summed E-state index contributed by atoms with van der Waals surface area (Å²) in [6, 6.07) is 8.46. The molecule has 1 aliphatic heterocycles. The number of nitro groups is 1. The van der Waals surface area contributed by atoms with Crippen LogP contribution in [0, 0.1) is 21.7 Å². The molecule has 0 saturated carbocycles. The molecule has 6 heteroatoms.